The van der Waals surface area contributed by atoms with Crippen LogP contribution in [0.3, 0.4) is 0 Å². The molecule has 1 atom stereocenters. The average molecular weight is 318 g/mol. The third-order valence-electron chi connectivity index (χ3n) is 2.75. The van der Waals surface area contributed by atoms with Crippen molar-refractivity contribution in [1.29, 1.82) is 0 Å². The normalized spacial score (nSPS) is 13.0. The highest BCUT2D eigenvalue weighted by Gasteiger charge is 2.17. The van der Waals surface area contributed by atoms with Crippen molar-refractivity contribution in [3.05, 3.63) is 28.8 Å². The molecule has 20 heavy (non-hydrogen) atoms. The van der Waals surface area contributed by atoms with Crippen LogP contribution in [0.25, 0.3) is 0 Å². The molecule has 1 aromatic carbocycles. The Morgan fingerprint density at radius 2 is 1.90 bits per heavy atom. The molecule has 1 amide bonds. The summed E-state index contributed by atoms with van der Waals surface area (Å²) >= 11 is 0. The third kappa shape index (κ3) is 4.39. The van der Waals surface area contributed by atoms with Crippen LogP contribution in [-0.4, -0.2) is 37.1 Å². The zero-order chi connectivity index (χ0) is 15.5. The van der Waals surface area contributed by atoms with Crippen LogP contribution >= 0.6 is 0 Å². The van der Waals surface area contributed by atoms with Gasteiger partial charge in [0.25, 0.3) is 5.91 Å². The van der Waals surface area contributed by atoms with Crippen molar-refractivity contribution < 1.29 is 17.4 Å². The number of nitrogens with one attached hydrogen (secondary N) is 1. The number of carbonyl (C=O) groups excluding carboxylic acids is 1. The predicted molar refractivity (Wildman–Crippen MR) is 78.6 cm³/mol. The molecule has 0 heterocycles. The maximum atomic E-state index is 12.0. The van der Waals surface area contributed by atoms with E-state index < -0.39 is 26.7 Å². The van der Waals surface area contributed by atoms with Crippen LogP contribution in [0, 0.1) is 13.8 Å². The second kappa shape index (κ2) is 6.47. The minimum atomic E-state index is -3.87. The largest absolute Gasteiger partial charge is 0.351 e. The van der Waals surface area contributed by atoms with Crippen LogP contribution in [0.4, 0.5) is 0 Å². The summed E-state index contributed by atoms with van der Waals surface area (Å²) in [6, 6.07) is 2.88. The second-order valence-electron chi connectivity index (χ2n) is 4.51. The van der Waals surface area contributed by atoms with E-state index in [2.05, 4.69) is 5.32 Å². The lowest BCUT2D eigenvalue weighted by Crippen LogP contribution is -2.28. The van der Waals surface area contributed by atoms with Crippen LogP contribution in [0.15, 0.2) is 17.0 Å². The van der Waals surface area contributed by atoms with Crippen LogP contribution in [0.2, 0.25) is 0 Å². The molecule has 0 aliphatic heterocycles. The molecular weight excluding hydrogens is 300 g/mol. The summed E-state index contributed by atoms with van der Waals surface area (Å²) in [5.74, 6) is -0.0588. The highest BCUT2D eigenvalue weighted by Crippen LogP contribution is 2.19. The monoisotopic (exact) mass is 318 g/mol. The van der Waals surface area contributed by atoms with Gasteiger partial charge in [0.15, 0.2) is 0 Å². The molecular formula is C12H18N2O4S2. The Balaban J connectivity index is 3.06. The Bertz CT molecular complexity index is 654. The SMILES string of the molecule is Cc1cc(C)c(S(N)(=O)=O)cc1C(=O)NCCS(C)=O. The number of amides is 1. The van der Waals surface area contributed by atoms with Crippen molar-refractivity contribution in [2.75, 3.05) is 18.6 Å². The summed E-state index contributed by atoms with van der Waals surface area (Å²) in [7, 11) is -4.87. The van der Waals surface area contributed by atoms with Gasteiger partial charge in [0, 0.05) is 34.9 Å². The van der Waals surface area contributed by atoms with E-state index in [1.54, 1.807) is 26.2 Å². The fourth-order valence-corrected chi connectivity index (χ4v) is 2.97. The highest BCUT2D eigenvalue weighted by atomic mass is 32.2. The Hall–Kier alpha value is -1.25. The molecule has 112 valence electrons. The maximum absolute atomic E-state index is 12.0. The Kier molecular flexibility index (Phi) is 5.43. The summed E-state index contributed by atoms with van der Waals surface area (Å²) in [5.41, 5.74) is 1.41. The fraction of sp³-hybridized carbons (Fsp3) is 0.417. The first-order chi connectivity index (χ1) is 9.12. The van der Waals surface area contributed by atoms with Crippen molar-refractivity contribution in [1.82, 2.24) is 5.32 Å². The summed E-state index contributed by atoms with van der Waals surface area (Å²) in [6.45, 7) is 3.60. The molecule has 6 nitrogen and oxygen atoms in total. The highest BCUT2D eigenvalue weighted by molar-refractivity contribution is 7.89. The first kappa shape index (κ1) is 16.8. The van der Waals surface area contributed by atoms with E-state index in [4.69, 9.17) is 5.14 Å². The Labute approximate surface area is 121 Å². The van der Waals surface area contributed by atoms with Gasteiger partial charge < -0.3 is 5.32 Å². The molecule has 1 aromatic rings. The predicted octanol–water partition coefficient (Wildman–Crippen LogP) is 0.0591. The third-order valence-corrected chi connectivity index (χ3v) is 4.58. The Morgan fingerprint density at radius 3 is 2.40 bits per heavy atom. The molecule has 0 radical (unpaired) electrons. The maximum Gasteiger partial charge on any atom is 0.251 e. The second-order valence-corrected chi connectivity index (χ2v) is 7.60. The molecule has 0 aliphatic rings. The van der Waals surface area contributed by atoms with E-state index in [9.17, 15) is 17.4 Å². The average Bonchev–Trinajstić information content (AvgIpc) is 2.26. The van der Waals surface area contributed by atoms with Gasteiger partial charge in [0.05, 0.1) is 4.90 Å². The number of hydrogen-bond donors (Lipinski definition) is 2. The first-order valence-electron chi connectivity index (χ1n) is 5.85. The van der Waals surface area contributed by atoms with Gasteiger partial charge in [-0.05, 0) is 31.0 Å². The van der Waals surface area contributed by atoms with Crippen molar-refractivity contribution in [2.24, 2.45) is 5.14 Å². The molecule has 0 spiro atoms. The van der Waals surface area contributed by atoms with Crippen LogP contribution < -0.4 is 10.5 Å². The quantitative estimate of drug-likeness (QED) is 0.800. The first-order valence-corrected chi connectivity index (χ1v) is 9.12. The molecule has 3 N–H and O–H groups in total. The number of carbonyl (C=O) groups is 1. The van der Waals surface area contributed by atoms with Crippen LogP contribution in [0.1, 0.15) is 21.5 Å². The molecule has 8 heteroatoms. The van der Waals surface area contributed by atoms with Gasteiger partial charge in [-0.15, -0.1) is 0 Å². The number of hydrogen-bond acceptors (Lipinski definition) is 4. The summed E-state index contributed by atoms with van der Waals surface area (Å²) in [6.07, 6.45) is 1.54. The minimum Gasteiger partial charge on any atom is -0.351 e. The zero-order valence-corrected chi connectivity index (χ0v) is 13.2. The lowest BCUT2D eigenvalue weighted by Gasteiger charge is -2.11. The topological polar surface area (TPSA) is 106 Å². The summed E-state index contributed by atoms with van der Waals surface area (Å²) in [5, 5.41) is 7.72. The Morgan fingerprint density at radius 1 is 1.30 bits per heavy atom. The van der Waals surface area contributed by atoms with Gasteiger partial charge in [-0.25, -0.2) is 13.6 Å². The van der Waals surface area contributed by atoms with E-state index in [0.717, 1.165) is 0 Å². The minimum absolute atomic E-state index is 0.0627. The molecule has 0 saturated heterocycles. The van der Waals surface area contributed by atoms with Gasteiger partial charge >= 0.3 is 0 Å². The number of primary sulfonamides is 1. The van der Waals surface area contributed by atoms with E-state index in [0.29, 0.717) is 16.9 Å². The number of aryl methyl sites for hydroxylation is 2. The fourth-order valence-electron chi connectivity index (χ4n) is 1.79. The van der Waals surface area contributed by atoms with Crippen molar-refractivity contribution in [2.45, 2.75) is 18.7 Å². The molecule has 0 bridgehead atoms. The lowest BCUT2D eigenvalue weighted by molar-refractivity contribution is 0.0955. The van der Waals surface area contributed by atoms with Gasteiger partial charge in [0.1, 0.15) is 0 Å². The molecule has 0 aromatic heterocycles. The molecule has 1 unspecified atom stereocenters. The standard InChI is InChI=1S/C12H18N2O4S2/c1-8-6-9(2)11(20(13,17)18)7-10(8)12(15)14-4-5-19(3)16/h6-7H,4-5H2,1-3H3,(H,14,15)(H2,13,17,18). The number of rotatable bonds is 5. The molecule has 0 saturated carbocycles. The van der Waals surface area contributed by atoms with Crippen LogP contribution in [-0.2, 0) is 20.8 Å². The van der Waals surface area contributed by atoms with E-state index in [1.165, 1.54) is 6.07 Å². The molecule has 0 aliphatic carbocycles. The lowest BCUT2D eigenvalue weighted by atomic mass is 10.1. The number of nitrogens with two attached hydrogens (primary N) is 1. The molecule has 1 rings (SSSR count). The zero-order valence-electron chi connectivity index (χ0n) is 11.6. The van der Waals surface area contributed by atoms with Crippen LogP contribution in [0.5, 0.6) is 0 Å². The number of sulfonamides is 1. The summed E-state index contributed by atoms with van der Waals surface area (Å²) in [4.78, 5) is 11.9. The summed E-state index contributed by atoms with van der Waals surface area (Å²) < 4.78 is 33.8. The number of benzene rings is 1. The van der Waals surface area contributed by atoms with Gasteiger partial charge in [0.2, 0.25) is 10.0 Å². The van der Waals surface area contributed by atoms with E-state index >= 15 is 0 Å². The van der Waals surface area contributed by atoms with Crippen molar-refractivity contribution in [3.8, 4) is 0 Å². The van der Waals surface area contributed by atoms with Crippen molar-refractivity contribution in [3.63, 3.8) is 0 Å². The van der Waals surface area contributed by atoms with Gasteiger partial charge in [-0.3, -0.25) is 9.00 Å². The van der Waals surface area contributed by atoms with Gasteiger partial charge in [-0.2, -0.15) is 0 Å². The smallest absolute Gasteiger partial charge is 0.251 e. The van der Waals surface area contributed by atoms with E-state index in [1.807, 2.05) is 0 Å². The van der Waals surface area contributed by atoms with Crippen molar-refractivity contribution >= 4 is 26.7 Å². The van der Waals surface area contributed by atoms with E-state index in [-0.39, 0.29) is 17.0 Å². The van der Waals surface area contributed by atoms with Gasteiger partial charge in [-0.1, -0.05) is 6.07 Å². The molecule has 0 fully saturated rings.